The topological polar surface area (TPSA) is 84.9 Å². The molecule has 0 aliphatic heterocycles. The van der Waals surface area contributed by atoms with Crippen molar-refractivity contribution in [2.45, 2.75) is 26.9 Å². The molecule has 0 aromatic heterocycles. The van der Waals surface area contributed by atoms with Crippen LogP contribution in [0, 0.1) is 0 Å². The zero-order valence-electron chi connectivity index (χ0n) is 16.5. The normalized spacial score (nSPS) is 11.2. The lowest BCUT2D eigenvalue weighted by Crippen LogP contribution is -2.37. The Kier molecular flexibility index (Phi) is 7.28. The summed E-state index contributed by atoms with van der Waals surface area (Å²) in [4.78, 5) is 12.5. The average molecular weight is 407 g/mol. The number of sulfonamides is 1. The summed E-state index contributed by atoms with van der Waals surface area (Å²) in [6, 6.07) is 13.7. The van der Waals surface area contributed by atoms with E-state index in [0.717, 1.165) is 10.6 Å². The Hall–Kier alpha value is -2.74. The van der Waals surface area contributed by atoms with Crippen LogP contribution in [0.4, 0.5) is 11.4 Å². The van der Waals surface area contributed by atoms with Crippen LogP contribution in [-0.4, -0.2) is 39.8 Å². The van der Waals surface area contributed by atoms with Crippen LogP contribution >= 0.6 is 0 Å². The van der Waals surface area contributed by atoms with Gasteiger partial charge < -0.3 is 14.8 Å². The Labute approximate surface area is 166 Å². The smallest absolute Gasteiger partial charge is 0.245 e. The SMILES string of the molecule is CCOc1ccccc1N(CC(=O)Nc1cccc(OC(C)C)c1)S(C)(=O)=O. The van der Waals surface area contributed by atoms with Gasteiger partial charge in [0.25, 0.3) is 0 Å². The second-order valence-electron chi connectivity index (χ2n) is 6.41. The molecule has 152 valence electrons. The molecule has 0 radical (unpaired) electrons. The van der Waals surface area contributed by atoms with Crippen LogP contribution in [-0.2, 0) is 14.8 Å². The van der Waals surface area contributed by atoms with Gasteiger partial charge in [-0.3, -0.25) is 9.10 Å². The van der Waals surface area contributed by atoms with Crippen LogP contribution in [0.2, 0.25) is 0 Å². The van der Waals surface area contributed by atoms with Crippen molar-refractivity contribution in [3.05, 3.63) is 48.5 Å². The monoisotopic (exact) mass is 406 g/mol. The molecule has 0 spiro atoms. The number of ether oxygens (including phenoxy) is 2. The highest BCUT2D eigenvalue weighted by Crippen LogP contribution is 2.30. The number of hydrogen-bond donors (Lipinski definition) is 1. The van der Waals surface area contributed by atoms with Crippen molar-refractivity contribution >= 4 is 27.3 Å². The van der Waals surface area contributed by atoms with Crippen LogP contribution in [0.3, 0.4) is 0 Å². The van der Waals surface area contributed by atoms with Crippen molar-refractivity contribution in [1.82, 2.24) is 0 Å². The first-order valence-corrected chi connectivity index (χ1v) is 10.8. The maximum absolute atomic E-state index is 12.5. The first-order chi connectivity index (χ1) is 13.2. The Balaban J connectivity index is 2.21. The summed E-state index contributed by atoms with van der Waals surface area (Å²) in [6.07, 6.45) is 1.06. The molecular weight excluding hydrogens is 380 g/mol. The third-order valence-electron chi connectivity index (χ3n) is 3.61. The summed E-state index contributed by atoms with van der Waals surface area (Å²) in [5.74, 6) is 0.545. The minimum Gasteiger partial charge on any atom is -0.492 e. The number of hydrogen-bond acceptors (Lipinski definition) is 5. The van der Waals surface area contributed by atoms with E-state index in [0.29, 0.717) is 29.5 Å². The fourth-order valence-electron chi connectivity index (χ4n) is 2.57. The van der Waals surface area contributed by atoms with E-state index >= 15 is 0 Å². The fraction of sp³-hybridized carbons (Fsp3) is 0.350. The van der Waals surface area contributed by atoms with Gasteiger partial charge in [0.1, 0.15) is 18.0 Å². The number of nitrogens with one attached hydrogen (secondary N) is 1. The summed E-state index contributed by atoms with van der Waals surface area (Å²) < 4.78 is 36.8. The molecule has 2 aromatic rings. The maximum Gasteiger partial charge on any atom is 0.245 e. The van der Waals surface area contributed by atoms with Crippen molar-refractivity contribution in [2.75, 3.05) is 29.0 Å². The van der Waals surface area contributed by atoms with E-state index in [4.69, 9.17) is 9.47 Å². The van der Waals surface area contributed by atoms with Crippen molar-refractivity contribution in [3.63, 3.8) is 0 Å². The lowest BCUT2D eigenvalue weighted by atomic mass is 10.2. The van der Waals surface area contributed by atoms with E-state index in [2.05, 4.69) is 5.32 Å². The highest BCUT2D eigenvalue weighted by atomic mass is 32.2. The Morgan fingerprint density at radius 1 is 1.14 bits per heavy atom. The molecule has 28 heavy (non-hydrogen) atoms. The van der Waals surface area contributed by atoms with Crippen LogP contribution < -0.4 is 19.1 Å². The molecule has 0 aliphatic rings. The molecule has 0 saturated carbocycles. The summed E-state index contributed by atoms with van der Waals surface area (Å²) in [6.45, 7) is 5.62. The predicted molar refractivity (Wildman–Crippen MR) is 111 cm³/mol. The number of carbonyl (C=O) groups is 1. The van der Waals surface area contributed by atoms with E-state index in [1.807, 2.05) is 13.8 Å². The van der Waals surface area contributed by atoms with Gasteiger partial charge in [-0.1, -0.05) is 18.2 Å². The number of nitrogens with zero attached hydrogens (tertiary/aromatic N) is 1. The standard InChI is InChI=1S/C20H26N2O5S/c1-5-26-19-12-7-6-11-18(19)22(28(4,24)25)14-20(23)21-16-9-8-10-17(13-16)27-15(2)3/h6-13,15H,5,14H2,1-4H3,(H,21,23). The summed E-state index contributed by atoms with van der Waals surface area (Å²) in [5.41, 5.74) is 0.841. The van der Waals surface area contributed by atoms with E-state index in [9.17, 15) is 13.2 Å². The highest BCUT2D eigenvalue weighted by Gasteiger charge is 2.24. The Morgan fingerprint density at radius 3 is 2.50 bits per heavy atom. The second-order valence-corrected chi connectivity index (χ2v) is 8.32. The largest absolute Gasteiger partial charge is 0.492 e. The molecule has 0 saturated heterocycles. The molecule has 0 aliphatic carbocycles. The molecule has 0 heterocycles. The molecule has 1 amide bonds. The van der Waals surface area contributed by atoms with Crippen molar-refractivity contribution in [1.29, 1.82) is 0 Å². The van der Waals surface area contributed by atoms with Crippen LogP contribution in [0.15, 0.2) is 48.5 Å². The van der Waals surface area contributed by atoms with Gasteiger partial charge in [-0.15, -0.1) is 0 Å². The van der Waals surface area contributed by atoms with Gasteiger partial charge in [-0.05, 0) is 45.0 Å². The lowest BCUT2D eigenvalue weighted by molar-refractivity contribution is -0.114. The molecule has 2 rings (SSSR count). The van der Waals surface area contributed by atoms with Gasteiger partial charge in [0.15, 0.2) is 0 Å². The molecule has 1 N–H and O–H groups in total. The van der Waals surface area contributed by atoms with Crippen molar-refractivity contribution in [2.24, 2.45) is 0 Å². The molecule has 0 unspecified atom stereocenters. The number of rotatable bonds is 9. The lowest BCUT2D eigenvalue weighted by Gasteiger charge is -2.24. The van der Waals surface area contributed by atoms with Crippen LogP contribution in [0.1, 0.15) is 20.8 Å². The average Bonchev–Trinajstić information content (AvgIpc) is 2.59. The first-order valence-electron chi connectivity index (χ1n) is 8.96. The van der Waals surface area contributed by atoms with Crippen LogP contribution in [0.25, 0.3) is 0 Å². The summed E-state index contributed by atoms with van der Waals surface area (Å²) in [5, 5.41) is 2.71. The fourth-order valence-corrected chi connectivity index (χ4v) is 3.43. The van der Waals surface area contributed by atoms with E-state index in [-0.39, 0.29) is 12.6 Å². The van der Waals surface area contributed by atoms with Gasteiger partial charge in [-0.2, -0.15) is 0 Å². The molecule has 0 fully saturated rings. The van der Waals surface area contributed by atoms with Gasteiger partial charge in [-0.25, -0.2) is 8.42 Å². The predicted octanol–water partition coefficient (Wildman–Crippen LogP) is 3.28. The van der Waals surface area contributed by atoms with Gasteiger partial charge >= 0.3 is 0 Å². The molecule has 0 bridgehead atoms. The quantitative estimate of drug-likeness (QED) is 0.691. The van der Waals surface area contributed by atoms with E-state index < -0.39 is 15.9 Å². The van der Waals surface area contributed by atoms with Crippen LogP contribution in [0.5, 0.6) is 11.5 Å². The molecule has 8 heteroatoms. The van der Waals surface area contributed by atoms with Gasteiger partial charge in [0, 0.05) is 11.8 Å². The number of benzene rings is 2. The number of amides is 1. The Bertz CT molecular complexity index is 912. The van der Waals surface area contributed by atoms with Crippen molar-refractivity contribution in [3.8, 4) is 11.5 Å². The van der Waals surface area contributed by atoms with Gasteiger partial charge in [0.05, 0.1) is 24.7 Å². The molecule has 0 atom stereocenters. The molecular formula is C20H26N2O5S. The number of anilines is 2. The van der Waals surface area contributed by atoms with Crippen molar-refractivity contribution < 1.29 is 22.7 Å². The second kappa shape index (κ2) is 9.45. The number of carbonyl (C=O) groups excluding carboxylic acids is 1. The van der Waals surface area contributed by atoms with E-state index in [1.54, 1.807) is 55.5 Å². The number of para-hydroxylation sites is 2. The minimum absolute atomic E-state index is 0.00162. The van der Waals surface area contributed by atoms with E-state index in [1.165, 1.54) is 0 Å². The molecule has 7 nitrogen and oxygen atoms in total. The molecule has 2 aromatic carbocycles. The zero-order valence-corrected chi connectivity index (χ0v) is 17.3. The minimum atomic E-state index is -3.70. The van der Waals surface area contributed by atoms with Gasteiger partial charge in [0.2, 0.25) is 15.9 Å². The first kappa shape index (κ1) is 21.6. The third kappa shape index (κ3) is 6.16. The maximum atomic E-state index is 12.5. The third-order valence-corrected chi connectivity index (χ3v) is 4.74. The summed E-state index contributed by atoms with van der Waals surface area (Å²) in [7, 11) is -3.70. The zero-order chi connectivity index (χ0) is 20.7. The highest BCUT2D eigenvalue weighted by molar-refractivity contribution is 7.92. The summed E-state index contributed by atoms with van der Waals surface area (Å²) >= 11 is 0. The Morgan fingerprint density at radius 2 is 1.86 bits per heavy atom.